The lowest BCUT2D eigenvalue weighted by Crippen LogP contribution is -2.44. The van der Waals surface area contributed by atoms with Crippen LogP contribution < -0.4 is 4.74 Å². The van der Waals surface area contributed by atoms with E-state index in [1.807, 2.05) is 64.4 Å². The van der Waals surface area contributed by atoms with Crippen LogP contribution in [0, 0.1) is 5.92 Å². The lowest BCUT2D eigenvalue weighted by Gasteiger charge is -2.34. The Morgan fingerprint density at radius 2 is 1.71 bits per heavy atom. The minimum atomic E-state index is -0.198. The highest BCUT2D eigenvalue weighted by Gasteiger charge is 2.38. The van der Waals surface area contributed by atoms with Crippen molar-refractivity contribution in [3.63, 3.8) is 0 Å². The number of piperidine rings is 1. The normalized spacial score (nSPS) is 18.8. The molecule has 8 nitrogen and oxygen atoms in total. The van der Waals surface area contributed by atoms with Crippen LogP contribution in [0.3, 0.4) is 0 Å². The maximum Gasteiger partial charge on any atom is 0.253 e. The second kappa shape index (κ2) is 9.67. The third kappa shape index (κ3) is 4.40. The van der Waals surface area contributed by atoms with Gasteiger partial charge in [-0.1, -0.05) is 23.4 Å². The average Bonchev–Trinajstić information content (AvgIpc) is 3.58. The number of rotatable bonds is 5. The Morgan fingerprint density at radius 3 is 2.41 bits per heavy atom. The van der Waals surface area contributed by atoms with Crippen LogP contribution in [0.25, 0.3) is 11.4 Å². The third-order valence-corrected chi connectivity index (χ3v) is 6.76. The summed E-state index contributed by atoms with van der Waals surface area (Å²) in [5.74, 6) is 1.81. The molecule has 0 saturated carbocycles. The summed E-state index contributed by atoms with van der Waals surface area (Å²) in [6.07, 6.45) is 3.05. The summed E-state index contributed by atoms with van der Waals surface area (Å²) < 4.78 is 10.8. The zero-order chi connectivity index (χ0) is 23.5. The second-order valence-electron chi connectivity index (χ2n) is 8.81. The van der Waals surface area contributed by atoms with E-state index in [9.17, 15) is 9.59 Å². The summed E-state index contributed by atoms with van der Waals surface area (Å²) in [5.41, 5.74) is 1.53. The molecular formula is C26H28N4O4. The van der Waals surface area contributed by atoms with E-state index in [4.69, 9.17) is 9.26 Å². The first-order valence-corrected chi connectivity index (χ1v) is 11.8. The number of amides is 2. The summed E-state index contributed by atoms with van der Waals surface area (Å²) in [4.78, 5) is 34.5. The van der Waals surface area contributed by atoms with Crippen LogP contribution in [-0.4, -0.2) is 58.5 Å². The van der Waals surface area contributed by atoms with Gasteiger partial charge in [0, 0.05) is 36.7 Å². The van der Waals surface area contributed by atoms with Crippen molar-refractivity contribution in [3.8, 4) is 17.1 Å². The molecule has 176 valence electrons. The number of likely N-dealkylation sites (tertiary alicyclic amines) is 2. The predicted octanol–water partition coefficient (Wildman–Crippen LogP) is 3.96. The smallest absolute Gasteiger partial charge is 0.253 e. The summed E-state index contributed by atoms with van der Waals surface area (Å²) in [6, 6.07) is 16.6. The number of carbonyl (C=O) groups is 2. The van der Waals surface area contributed by atoms with Crippen molar-refractivity contribution in [3.05, 3.63) is 66.1 Å². The number of benzene rings is 2. The molecule has 5 rings (SSSR count). The Labute approximate surface area is 198 Å². The van der Waals surface area contributed by atoms with Gasteiger partial charge in [-0.25, -0.2) is 0 Å². The molecule has 2 amide bonds. The van der Waals surface area contributed by atoms with Gasteiger partial charge in [-0.2, -0.15) is 4.98 Å². The van der Waals surface area contributed by atoms with Gasteiger partial charge >= 0.3 is 0 Å². The highest BCUT2D eigenvalue weighted by molar-refractivity contribution is 5.94. The molecule has 3 aromatic rings. The number of hydrogen-bond donors (Lipinski definition) is 0. The second-order valence-corrected chi connectivity index (χ2v) is 8.81. The van der Waals surface area contributed by atoms with Crippen molar-refractivity contribution >= 4 is 11.8 Å². The number of nitrogens with zero attached hydrogens (tertiary/aromatic N) is 4. The van der Waals surface area contributed by atoms with E-state index in [1.54, 1.807) is 7.11 Å². The van der Waals surface area contributed by atoms with Gasteiger partial charge in [0.05, 0.1) is 7.11 Å². The molecule has 0 bridgehead atoms. The highest BCUT2D eigenvalue weighted by atomic mass is 16.5. The zero-order valence-electron chi connectivity index (χ0n) is 19.2. The molecule has 0 spiro atoms. The van der Waals surface area contributed by atoms with Gasteiger partial charge in [-0.05, 0) is 62.1 Å². The van der Waals surface area contributed by atoms with Gasteiger partial charge in [0.2, 0.25) is 17.6 Å². The van der Waals surface area contributed by atoms with Crippen LogP contribution in [0.4, 0.5) is 0 Å². The van der Waals surface area contributed by atoms with E-state index in [0.29, 0.717) is 49.8 Å². The lowest BCUT2D eigenvalue weighted by atomic mass is 9.94. The molecular weight excluding hydrogens is 432 g/mol. The van der Waals surface area contributed by atoms with E-state index in [0.717, 1.165) is 24.2 Å². The Kier molecular flexibility index (Phi) is 6.29. The predicted molar refractivity (Wildman–Crippen MR) is 125 cm³/mol. The van der Waals surface area contributed by atoms with E-state index < -0.39 is 0 Å². The fraction of sp³-hybridized carbons (Fsp3) is 0.385. The molecule has 0 radical (unpaired) electrons. The maximum absolute atomic E-state index is 13.4. The van der Waals surface area contributed by atoms with Gasteiger partial charge in [-0.3, -0.25) is 9.59 Å². The van der Waals surface area contributed by atoms with Crippen molar-refractivity contribution in [2.75, 3.05) is 26.7 Å². The number of carbonyl (C=O) groups excluding carboxylic acids is 2. The van der Waals surface area contributed by atoms with Crippen molar-refractivity contribution in [2.45, 2.75) is 31.7 Å². The first kappa shape index (κ1) is 22.1. The first-order valence-electron chi connectivity index (χ1n) is 11.8. The third-order valence-electron chi connectivity index (χ3n) is 6.76. The minimum absolute atomic E-state index is 0.0301. The Morgan fingerprint density at radius 1 is 0.971 bits per heavy atom. The Bertz CT molecular complexity index is 1140. The summed E-state index contributed by atoms with van der Waals surface area (Å²) in [5, 5.41) is 4.14. The molecule has 0 aliphatic carbocycles. The molecule has 2 aliphatic heterocycles. The molecule has 1 atom stereocenters. The first-order chi connectivity index (χ1) is 16.6. The van der Waals surface area contributed by atoms with E-state index >= 15 is 0 Å². The van der Waals surface area contributed by atoms with Crippen LogP contribution in [0.1, 0.15) is 48.0 Å². The fourth-order valence-corrected chi connectivity index (χ4v) is 4.84. The van der Waals surface area contributed by atoms with Crippen LogP contribution in [0.5, 0.6) is 5.75 Å². The van der Waals surface area contributed by atoms with Gasteiger partial charge in [0.25, 0.3) is 5.91 Å². The lowest BCUT2D eigenvalue weighted by molar-refractivity contribution is -0.138. The number of aromatic nitrogens is 2. The molecule has 1 aromatic heterocycles. The molecule has 34 heavy (non-hydrogen) atoms. The van der Waals surface area contributed by atoms with Gasteiger partial charge < -0.3 is 19.1 Å². The maximum atomic E-state index is 13.4. The fourth-order valence-electron chi connectivity index (χ4n) is 4.84. The monoisotopic (exact) mass is 460 g/mol. The molecule has 2 fully saturated rings. The van der Waals surface area contributed by atoms with E-state index in [-0.39, 0.29) is 23.8 Å². The molecule has 8 heteroatoms. The molecule has 2 saturated heterocycles. The van der Waals surface area contributed by atoms with Gasteiger partial charge in [0.15, 0.2) is 0 Å². The van der Waals surface area contributed by atoms with Crippen molar-refractivity contribution < 1.29 is 18.8 Å². The Hall–Kier alpha value is -3.68. The quantitative estimate of drug-likeness (QED) is 0.573. The SMILES string of the molecule is COc1ccc(-c2noc(C3CCCN3C(=O)C3CCN(C(=O)c4ccccc4)CC3)n2)cc1. The zero-order valence-corrected chi connectivity index (χ0v) is 19.2. The highest BCUT2D eigenvalue weighted by Crippen LogP contribution is 2.35. The average molecular weight is 461 g/mol. The molecule has 0 N–H and O–H groups in total. The van der Waals surface area contributed by atoms with E-state index in [2.05, 4.69) is 10.1 Å². The van der Waals surface area contributed by atoms with Gasteiger partial charge in [0.1, 0.15) is 11.8 Å². The van der Waals surface area contributed by atoms with Crippen molar-refractivity contribution in [2.24, 2.45) is 5.92 Å². The Balaban J connectivity index is 1.22. The van der Waals surface area contributed by atoms with Crippen LogP contribution in [0.15, 0.2) is 59.1 Å². The van der Waals surface area contributed by atoms with E-state index in [1.165, 1.54) is 0 Å². The number of ether oxygens (including phenoxy) is 1. The summed E-state index contributed by atoms with van der Waals surface area (Å²) in [7, 11) is 1.62. The van der Waals surface area contributed by atoms with Crippen LogP contribution in [-0.2, 0) is 4.79 Å². The topological polar surface area (TPSA) is 88.8 Å². The number of hydrogen-bond acceptors (Lipinski definition) is 6. The van der Waals surface area contributed by atoms with Gasteiger partial charge in [-0.15, -0.1) is 0 Å². The van der Waals surface area contributed by atoms with Crippen molar-refractivity contribution in [1.29, 1.82) is 0 Å². The minimum Gasteiger partial charge on any atom is -0.497 e. The molecule has 3 heterocycles. The molecule has 1 unspecified atom stereocenters. The number of methoxy groups -OCH3 is 1. The summed E-state index contributed by atoms with van der Waals surface area (Å²) >= 11 is 0. The molecule has 2 aromatic carbocycles. The largest absolute Gasteiger partial charge is 0.497 e. The van der Waals surface area contributed by atoms with Crippen LogP contribution >= 0.6 is 0 Å². The standard InChI is InChI=1S/C26H28N4O4/c1-33-21-11-9-18(10-12-21)23-27-24(34-28-23)22-8-5-15-30(22)26(32)20-13-16-29(17-14-20)25(31)19-6-3-2-4-7-19/h2-4,6-7,9-12,20,22H,5,8,13-17H2,1H3. The van der Waals surface area contributed by atoms with Crippen molar-refractivity contribution in [1.82, 2.24) is 19.9 Å². The molecule has 2 aliphatic rings. The summed E-state index contributed by atoms with van der Waals surface area (Å²) in [6.45, 7) is 1.86. The van der Waals surface area contributed by atoms with Crippen LogP contribution in [0.2, 0.25) is 0 Å².